The second-order valence-electron chi connectivity index (χ2n) is 3.58. The van der Waals surface area contributed by atoms with Crippen molar-refractivity contribution in [2.75, 3.05) is 12.8 Å². The standard InChI is InChI=1S/C12H12FN3O2/c1-7-11(13)12(16-6-15-7)18-10-5-8(17-2)3-4-9(10)14/h3-6H,14H2,1-2H3. The Morgan fingerprint density at radius 1 is 1.28 bits per heavy atom. The van der Waals surface area contributed by atoms with Crippen molar-refractivity contribution in [2.24, 2.45) is 0 Å². The van der Waals surface area contributed by atoms with Gasteiger partial charge in [-0.25, -0.2) is 4.98 Å². The molecule has 0 unspecified atom stereocenters. The Balaban J connectivity index is 2.36. The summed E-state index contributed by atoms with van der Waals surface area (Å²) in [5, 5.41) is 0. The minimum absolute atomic E-state index is 0.164. The number of aryl methyl sites for hydroxylation is 1. The molecular formula is C12H12FN3O2. The number of methoxy groups -OCH3 is 1. The van der Waals surface area contributed by atoms with Gasteiger partial charge in [0.1, 0.15) is 12.1 Å². The first-order valence-corrected chi connectivity index (χ1v) is 5.20. The van der Waals surface area contributed by atoms with Gasteiger partial charge in [-0.3, -0.25) is 0 Å². The zero-order valence-electron chi connectivity index (χ0n) is 9.98. The molecule has 18 heavy (non-hydrogen) atoms. The molecule has 0 spiro atoms. The molecule has 0 aliphatic carbocycles. The molecule has 94 valence electrons. The van der Waals surface area contributed by atoms with Crippen LogP contribution in [0.4, 0.5) is 10.1 Å². The minimum Gasteiger partial charge on any atom is -0.497 e. The van der Waals surface area contributed by atoms with Crippen LogP contribution in [-0.4, -0.2) is 17.1 Å². The van der Waals surface area contributed by atoms with Crippen LogP contribution in [0.5, 0.6) is 17.4 Å². The monoisotopic (exact) mass is 249 g/mol. The number of nitrogens with two attached hydrogens (primary N) is 1. The van der Waals surface area contributed by atoms with Crippen molar-refractivity contribution in [3.05, 3.63) is 36.0 Å². The van der Waals surface area contributed by atoms with E-state index in [9.17, 15) is 4.39 Å². The van der Waals surface area contributed by atoms with Gasteiger partial charge in [0.05, 0.1) is 18.5 Å². The molecule has 1 aromatic carbocycles. The third-order valence-corrected chi connectivity index (χ3v) is 2.36. The largest absolute Gasteiger partial charge is 0.497 e. The van der Waals surface area contributed by atoms with Crippen LogP contribution >= 0.6 is 0 Å². The summed E-state index contributed by atoms with van der Waals surface area (Å²) in [5.41, 5.74) is 6.31. The normalized spacial score (nSPS) is 10.2. The van der Waals surface area contributed by atoms with Gasteiger partial charge < -0.3 is 15.2 Å². The Hall–Kier alpha value is -2.37. The van der Waals surface area contributed by atoms with Crippen molar-refractivity contribution in [1.29, 1.82) is 0 Å². The highest BCUT2D eigenvalue weighted by molar-refractivity contribution is 5.56. The molecule has 0 aliphatic heterocycles. The number of anilines is 1. The molecule has 2 rings (SSSR count). The van der Waals surface area contributed by atoms with Gasteiger partial charge in [-0.15, -0.1) is 0 Å². The molecule has 0 atom stereocenters. The summed E-state index contributed by atoms with van der Waals surface area (Å²) in [4.78, 5) is 7.44. The van der Waals surface area contributed by atoms with Crippen molar-refractivity contribution < 1.29 is 13.9 Å². The van der Waals surface area contributed by atoms with Crippen LogP contribution < -0.4 is 15.2 Å². The number of nitrogen functional groups attached to an aromatic ring is 1. The molecule has 2 N–H and O–H groups in total. The maximum Gasteiger partial charge on any atom is 0.259 e. The Morgan fingerprint density at radius 2 is 2.06 bits per heavy atom. The van der Waals surface area contributed by atoms with Crippen molar-refractivity contribution in [2.45, 2.75) is 6.92 Å². The van der Waals surface area contributed by atoms with Crippen molar-refractivity contribution >= 4 is 5.69 Å². The summed E-state index contributed by atoms with van der Waals surface area (Å²) in [7, 11) is 1.52. The van der Waals surface area contributed by atoms with E-state index in [1.165, 1.54) is 20.4 Å². The maximum absolute atomic E-state index is 13.7. The number of hydrogen-bond donors (Lipinski definition) is 1. The lowest BCUT2D eigenvalue weighted by atomic mass is 10.3. The zero-order chi connectivity index (χ0) is 13.1. The van der Waals surface area contributed by atoms with Crippen LogP contribution in [-0.2, 0) is 0 Å². The molecule has 6 heteroatoms. The zero-order valence-corrected chi connectivity index (χ0v) is 9.98. The van der Waals surface area contributed by atoms with Crippen molar-refractivity contribution in [1.82, 2.24) is 9.97 Å². The van der Waals surface area contributed by atoms with Gasteiger partial charge in [0.15, 0.2) is 5.75 Å². The summed E-state index contributed by atoms with van der Waals surface area (Å²) >= 11 is 0. The number of hydrogen-bond acceptors (Lipinski definition) is 5. The first-order chi connectivity index (χ1) is 8.61. The second-order valence-corrected chi connectivity index (χ2v) is 3.58. The van der Waals surface area contributed by atoms with Gasteiger partial charge in [0, 0.05) is 6.07 Å². The molecule has 0 bridgehead atoms. The third kappa shape index (κ3) is 2.32. The lowest BCUT2D eigenvalue weighted by Crippen LogP contribution is -1.99. The van der Waals surface area contributed by atoms with Gasteiger partial charge in [-0.2, -0.15) is 9.37 Å². The number of rotatable bonds is 3. The van der Waals surface area contributed by atoms with Gasteiger partial charge in [-0.05, 0) is 19.1 Å². The van der Waals surface area contributed by atoms with E-state index >= 15 is 0 Å². The summed E-state index contributed by atoms with van der Waals surface area (Å²) in [6, 6.07) is 4.86. The molecule has 0 radical (unpaired) electrons. The highest BCUT2D eigenvalue weighted by Crippen LogP contribution is 2.31. The lowest BCUT2D eigenvalue weighted by Gasteiger charge is -2.10. The number of halogens is 1. The summed E-state index contributed by atoms with van der Waals surface area (Å²) in [6.07, 6.45) is 1.23. The van der Waals surface area contributed by atoms with Gasteiger partial charge >= 0.3 is 0 Å². The SMILES string of the molecule is COc1ccc(N)c(Oc2ncnc(C)c2F)c1. The van der Waals surface area contributed by atoms with Crippen LogP contribution in [0.25, 0.3) is 0 Å². The molecule has 0 amide bonds. The maximum atomic E-state index is 13.7. The van der Waals surface area contributed by atoms with Gasteiger partial charge in [0.25, 0.3) is 5.88 Å². The number of benzene rings is 1. The number of nitrogens with zero attached hydrogens (tertiary/aromatic N) is 2. The number of aromatic nitrogens is 2. The van der Waals surface area contributed by atoms with E-state index in [0.717, 1.165) is 0 Å². The van der Waals surface area contributed by atoms with E-state index in [4.69, 9.17) is 15.2 Å². The molecule has 2 aromatic rings. The molecule has 5 nitrogen and oxygen atoms in total. The third-order valence-electron chi connectivity index (χ3n) is 2.36. The van der Waals surface area contributed by atoms with Crippen LogP contribution in [0.3, 0.4) is 0 Å². The van der Waals surface area contributed by atoms with E-state index in [2.05, 4.69) is 9.97 Å². The lowest BCUT2D eigenvalue weighted by molar-refractivity contribution is 0.399. The fourth-order valence-corrected chi connectivity index (χ4v) is 1.34. The molecule has 0 aliphatic rings. The van der Waals surface area contributed by atoms with E-state index in [1.54, 1.807) is 18.2 Å². The quantitative estimate of drug-likeness (QED) is 0.845. The van der Waals surface area contributed by atoms with Gasteiger partial charge in [0.2, 0.25) is 5.82 Å². The van der Waals surface area contributed by atoms with E-state index < -0.39 is 5.82 Å². The van der Waals surface area contributed by atoms with Crippen LogP contribution in [0.1, 0.15) is 5.69 Å². The summed E-state index contributed by atoms with van der Waals surface area (Å²) in [5.74, 6) is 0.0684. The average Bonchev–Trinajstić information content (AvgIpc) is 2.37. The Bertz CT molecular complexity index is 575. The van der Waals surface area contributed by atoms with Gasteiger partial charge in [-0.1, -0.05) is 0 Å². The predicted octanol–water partition coefficient (Wildman–Crippen LogP) is 2.31. The molecule has 0 saturated carbocycles. The number of ether oxygens (including phenoxy) is 2. The van der Waals surface area contributed by atoms with Crippen LogP contribution in [0.15, 0.2) is 24.5 Å². The Morgan fingerprint density at radius 3 is 2.78 bits per heavy atom. The van der Waals surface area contributed by atoms with Crippen molar-refractivity contribution in [3.63, 3.8) is 0 Å². The molecular weight excluding hydrogens is 237 g/mol. The minimum atomic E-state index is -0.611. The van der Waals surface area contributed by atoms with E-state index in [0.29, 0.717) is 11.4 Å². The Labute approximate surface area is 103 Å². The smallest absolute Gasteiger partial charge is 0.259 e. The Kier molecular flexibility index (Phi) is 3.27. The molecule has 0 fully saturated rings. The highest BCUT2D eigenvalue weighted by Gasteiger charge is 2.12. The van der Waals surface area contributed by atoms with E-state index in [-0.39, 0.29) is 17.3 Å². The molecule has 1 aromatic heterocycles. The molecule has 1 heterocycles. The fourth-order valence-electron chi connectivity index (χ4n) is 1.34. The van der Waals surface area contributed by atoms with Crippen LogP contribution in [0, 0.1) is 12.7 Å². The molecule has 0 saturated heterocycles. The fraction of sp³-hybridized carbons (Fsp3) is 0.167. The topological polar surface area (TPSA) is 70.3 Å². The van der Waals surface area contributed by atoms with Crippen molar-refractivity contribution in [3.8, 4) is 17.4 Å². The summed E-state index contributed by atoms with van der Waals surface area (Å²) in [6.45, 7) is 1.53. The average molecular weight is 249 g/mol. The highest BCUT2D eigenvalue weighted by atomic mass is 19.1. The van der Waals surface area contributed by atoms with E-state index in [1.807, 2.05) is 0 Å². The summed E-state index contributed by atoms with van der Waals surface area (Å²) < 4.78 is 24.1. The first-order valence-electron chi connectivity index (χ1n) is 5.20. The van der Waals surface area contributed by atoms with Crippen LogP contribution in [0.2, 0.25) is 0 Å². The first kappa shape index (κ1) is 12.1. The second kappa shape index (κ2) is 4.87. The predicted molar refractivity (Wildman–Crippen MR) is 64.2 cm³/mol.